The first-order valence-electron chi connectivity index (χ1n) is 11.0. The highest BCUT2D eigenvalue weighted by molar-refractivity contribution is 7.46. The van der Waals surface area contributed by atoms with Crippen molar-refractivity contribution in [2.24, 2.45) is 0 Å². The number of pyridine rings is 1. The van der Waals surface area contributed by atoms with Gasteiger partial charge in [0.25, 0.3) is 0 Å². The summed E-state index contributed by atoms with van der Waals surface area (Å²) in [6, 6.07) is 9.16. The molecule has 0 saturated carbocycles. The van der Waals surface area contributed by atoms with Gasteiger partial charge in [-0.25, -0.2) is 9.36 Å². The zero-order valence-corrected chi connectivity index (χ0v) is 20.7. The molecule has 0 spiro atoms. The summed E-state index contributed by atoms with van der Waals surface area (Å²) in [7, 11) is -0.927. The zero-order valence-electron chi connectivity index (χ0n) is 19.8. The van der Waals surface area contributed by atoms with Crippen molar-refractivity contribution in [3.8, 4) is 22.9 Å². The molecule has 2 heterocycles. The predicted molar refractivity (Wildman–Crippen MR) is 129 cm³/mol. The summed E-state index contributed by atoms with van der Waals surface area (Å²) >= 11 is 0. The molecule has 13 heteroatoms. The van der Waals surface area contributed by atoms with E-state index in [0.717, 1.165) is 17.6 Å². The third-order valence-corrected chi connectivity index (χ3v) is 5.35. The van der Waals surface area contributed by atoms with Crippen LogP contribution in [0.15, 0.2) is 48.8 Å². The number of aromatic nitrogens is 3. The molecule has 1 aromatic carbocycles. The van der Waals surface area contributed by atoms with E-state index in [-0.39, 0.29) is 30.3 Å². The van der Waals surface area contributed by atoms with Crippen molar-refractivity contribution in [3.05, 3.63) is 59.9 Å². The Morgan fingerprint density at radius 2 is 1.89 bits per heavy atom. The first-order chi connectivity index (χ1) is 17.2. The van der Waals surface area contributed by atoms with Gasteiger partial charge in [-0.2, -0.15) is 9.78 Å². The van der Waals surface area contributed by atoms with Crippen LogP contribution < -0.4 is 9.26 Å². The lowest BCUT2D eigenvalue weighted by molar-refractivity contribution is 0.111. The average Bonchev–Trinajstić information content (AvgIpc) is 3.31. The van der Waals surface area contributed by atoms with Gasteiger partial charge in [-0.05, 0) is 57.7 Å². The van der Waals surface area contributed by atoms with Crippen LogP contribution in [0.4, 0.5) is 4.79 Å². The fraction of sp³-hybridized carbons (Fsp3) is 0.304. The van der Waals surface area contributed by atoms with Crippen molar-refractivity contribution in [1.82, 2.24) is 19.7 Å². The van der Waals surface area contributed by atoms with E-state index in [1.807, 2.05) is 14.1 Å². The second-order valence-corrected chi connectivity index (χ2v) is 9.08. The number of phosphoric acid groups is 1. The Bertz CT molecular complexity index is 1240. The van der Waals surface area contributed by atoms with Gasteiger partial charge < -0.3 is 18.9 Å². The van der Waals surface area contributed by atoms with Crippen molar-refractivity contribution in [2.75, 3.05) is 27.2 Å². The molecule has 36 heavy (non-hydrogen) atoms. The first kappa shape index (κ1) is 27.0. The third-order valence-electron chi connectivity index (χ3n) is 4.92. The minimum Gasteiger partial charge on any atom is -0.488 e. The Balaban J connectivity index is 1.76. The minimum absolute atomic E-state index is 0.0522. The van der Waals surface area contributed by atoms with Crippen molar-refractivity contribution < 1.29 is 37.9 Å². The summed E-state index contributed by atoms with van der Waals surface area (Å²) in [5.41, 5.74) is 1.21. The number of rotatable bonds is 12. The quantitative estimate of drug-likeness (QED) is 0.206. The lowest BCUT2D eigenvalue weighted by Gasteiger charge is -2.15. The molecule has 2 N–H and O–H groups in total. The molecule has 0 amide bonds. The molecule has 12 nitrogen and oxygen atoms in total. The van der Waals surface area contributed by atoms with Gasteiger partial charge in [0.1, 0.15) is 18.1 Å². The topological polar surface area (TPSA) is 153 Å². The largest absolute Gasteiger partial charge is 0.524 e. The number of ether oxygens (including phenoxy) is 2. The number of aldehydes is 1. The van der Waals surface area contributed by atoms with Crippen LogP contribution in [0, 0.1) is 0 Å². The monoisotopic (exact) mass is 518 g/mol. The third kappa shape index (κ3) is 7.46. The summed E-state index contributed by atoms with van der Waals surface area (Å²) in [5, 5.41) is 4.07. The molecular weight excluding hydrogens is 491 g/mol. The number of carbonyl (C=O) groups is 2. The van der Waals surface area contributed by atoms with Gasteiger partial charge in [0.05, 0.1) is 29.8 Å². The van der Waals surface area contributed by atoms with Crippen molar-refractivity contribution in [3.63, 3.8) is 0 Å². The lowest BCUT2D eigenvalue weighted by Crippen LogP contribution is -2.18. The summed E-state index contributed by atoms with van der Waals surface area (Å²) in [6.07, 6.45) is 4.35. The van der Waals surface area contributed by atoms with Gasteiger partial charge in [-0.15, -0.1) is 0 Å². The second kappa shape index (κ2) is 12.4. The molecule has 0 fully saturated rings. The van der Waals surface area contributed by atoms with Gasteiger partial charge in [-0.1, -0.05) is 12.1 Å². The van der Waals surface area contributed by atoms with E-state index < -0.39 is 13.9 Å². The standard InChI is InChI=1S/C23H27N4O8P/c1-26(2)13-3-4-14-33-23(29)27-19(10-12-25-27)22-17(7-6-11-24-22)16-34-20-8-5-9-21(18(20)15-28)35-36(30,31)32/h5-12,15H,3-4,13-14,16H2,1-2H3,(H2,30,31,32). The highest BCUT2D eigenvalue weighted by atomic mass is 31.2. The maximum atomic E-state index is 12.6. The van der Waals surface area contributed by atoms with Gasteiger partial charge in [0, 0.05) is 11.8 Å². The SMILES string of the molecule is CN(C)CCCCOC(=O)n1nccc1-c1ncccc1COc1cccc(OP(=O)(O)O)c1C=O. The van der Waals surface area contributed by atoms with Crippen LogP contribution in [-0.4, -0.2) is 69.1 Å². The fourth-order valence-corrected chi connectivity index (χ4v) is 3.71. The summed E-state index contributed by atoms with van der Waals surface area (Å²) in [5.74, 6) is -0.259. The first-order valence-corrected chi connectivity index (χ1v) is 12.5. The smallest absolute Gasteiger partial charge is 0.488 e. The molecule has 0 radical (unpaired) electrons. The molecule has 0 aliphatic heterocycles. The fourth-order valence-electron chi connectivity index (χ4n) is 3.29. The summed E-state index contributed by atoms with van der Waals surface area (Å²) in [6.45, 7) is 1.07. The van der Waals surface area contributed by atoms with Crippen molar-refractivity contribution >= 4 is 20.2 Å². The Hall–Kier alpha value is -3.57. The normalized spacial score (nSPS) is 11.4. The molecule has 2 aromatic heterocycles. The van der Waals surface area contributed by atoms with Crippen molar-refractivity contribution in [1.29, 1.82) is 0 Å². The lowest BCUT2D eigenvalue weighted by atomic mass is 10.1. The molecule has 192 valence electrons. The Kier molecular flexibility index (Phi) is 9.31. The van der Waals surface area contributed by atoms with Gasteiger partial charge in [0.15, 0.2) is 6.29 Å². The van der Waals surface area contributed by atoms with E-state index in [9.17, 15) is 14.2 Å². The maximum Gasteiger partial charge on any atom is 0.524 e. The number of unbranched alkanes of at least 4 members (excludes halogenated alkanes) is 1. The molecule has 0 aliphatic carbocycles. The van der Waals surface area contributed by atoms with E-state index in [4.69, 9.17) is 19.3 Å². The van der Waals surface area contributed by atoms with E-state index >= 15 is 0 Å². The Morgan fingerprint density at radius 1 is 1.11 bits per heavy atom. The number of nitrogens with zero attached hydrogens (tertiary/aromatic N) is 4. The minimum atomic E-state index is -4.88. The van der Waals surface area contributed by atoms with Crippen LogP contribution in [0.3, 0.4) is 0 Å². The highest BCUT2D eigenvalue weighted by Gasteiger charge is 2.21. The molecule has 0 atom stereocenters. The molecule has 0 unspecified atom stereocenters. The molecule has 0 saturated heterocycles. The van der Waals surface area contributed by atoms with E-state index in [0.29, 0.717) is 29.7 Å². The zero-order chi connectivity index (χ0) is 26.1. The van der Waals surface area contributed by atoms with Gasteiger partial charge >= 0.3 is 13.9 Å². The number of hydrogen-bond donors (Lipinski definition) is 2. The van der Waals surface area contributed by atoms with E-state index in [1.54, 1.807) is 24.4 Å². The Morgan fingerprint density at radius 3 is 2.61 bits per heavy atom. The van der Waals surface area contributed by atoms with E-state index in [1.165, 1.54) is 24.4 Å². The number of carbonyl (C=O) groups excluding carboxylic acids is 2. The summed E-state index contributed by atoms with van der Waals surface area (Å²) in [4.78, 5) is 48.8. The predicted octanol–water partition coefficient (Wildman–Crippen LogP) is 3.13. The maximum absolute atomic E-state index is 12.6. The van der Waals surface area contributed by atoms with Gasteiger partial charge in [0.2, 0.25) is 0 Å². The van der Waals surface area contributed by atoms with Crippen LogP contribution >= 0.6 is 7.82 Å². The molecule has 3 aromatic rings. The van der Waals surface area contributed by atoms with Gasteiger partial charge in [-0.3, -0.25) is 19.6 Å². The van der Waals surface area contributed by atoms with Crippen LogP contribution in [0.25, 0.3) is 11.4 Å². The molecule has 0 aliphatic rings. The van der Waals surface area contributed by atoms with Crippen LogP contribution in [0.5, 0.6) is 11.5 Å². The molecule has 0 bridgehead atoms. The Labute approximate surface area is 207 Å². The number of hydrogen-bond acceptors (Lipinski definition) is 9. The molecule has 3 rings (SSSR count). The number of phosphoric ester groups is 1. The average molecular weight is 518 g/mol. The molecular formula is C23H27N4O8P. The highest BCUT2D eigenvalue weighted by Crippen LogP contribution is 2.41. The second-order valence-electron chi connectivity index (χ2n) is 7.92. The van der Waals surface area contributed by atoms with Crippen LogP contribution in [0.1, 0.15) is 28.8 Å². The van der Waals surface area contributed by atoms with E-state index in [2.05, 4.69) is 19.5 Å². The van der Waals surface area contributed by atoms with Crippen molar-refractivity contribution in [2.45, 2.75) is 19.4 Å². The van der Waals surface area contributed by atoms with Crippen LogP contribution in [-0.2, 0) is 15.9 Å². The number of benzene rings is 1. The summed E-state index contributed by atoms with van der Waals surface area (Å²) < 4.78 is 28.0. The van der Waals surface area contributed by atoms with Crippen LogP contribution in [0.2, 0.25) is 0 Å².